The van der Waals surface area contributed by atoms with Crippen molar-refractivity contribution in [3.8, 4) is 0 Å². The molecule has 1 aliphatic rings. The van der Waals surface area contributed by atoms with Crippen LogP contribution in [-0.2, 0) is 33.6 Å². The lowest BCUT2D eigenvalue weighted by molar-refractivity contribution is -0.140. The average molecular weight is 541 g/mol. The minimum atomic E-state index is -4.50. The number of hydrogen-bond acceptors (Lipinski definition) is 5. The molecule has 4 rings (SSSR count). The molecule has 1 aromatic heterocycles. The quantitative estimate of drug-likeness (QED) is 0.377. The first-order valence-corrected chi connectivity index (χ1v) is 12.3. The van der Waals surface area contributed by atoms with E-state index in [1.165, 1.54) is 23.3 Å². The maximum Gasteiger partial charge on any atom is 0.416 e. The fourth-order valence-electron chi connectivity index (χ4n) is 4.49. The molecule has 0 bridgehead atoms. The van der Waals surface area contributed by atoms with Gasteiger partial charge in [0.2, 0.25) is 5.91 Å². The highest BCUT2D eigenvalue weighted by molar-refractivity contribution is 5.96. The van der Waals surface area contributed by atoms with E-state index in [2.05, 4.69) is 5.32 Å². The molecule has 0 saturated carbocycles. The summed E-state index contributed by atoms with van der Waals surface area (Å²) in [5, 5.41) is 2.76. The smallest absolute Gasteiger partial charge is 0.416 e. The summed E-state index contributed by atoms with van der Waals surface area (Å²) in [4.78, 5) is 40.0. The number of furan rings is 1. The van der Waals surface area contributed by atoms with Gasteiger partial charge in [0.05, 0.1) is 37.1 Å². The number of halogens is 3. The second-order valence-corrected chi connectivity index (χ2v) is 9.03. The molecule has 0 aliphatic carbocycles. The van der Waals surface area contributed by atoms with Crippen LogP contribution in [0.5, 0.6) is 0 Å². The van der Waals surface area contributed by atoms with E-state index in [-0.39, 0.29) is 43.5 Å². The van der Waals surface area contributed by atoms with Crippen LogP contribution in [0.25, 0.3) is 0 Å². The third-order valence-corrected chi connectivity index (χ3v) is 6.52. The number of ether oxygens (including phenoxy) is 1. The van der Waals surface area contributed by atoms with Gasteiger partial charge < -0.3 is 19.4 Å². The summed E-state index contributed by atoms with van der Waals surface area (Å²) in [7, 11) is 0. The molecule has 204 valence electrons. The fraction of sp³-hybridized carbons (Fsp3) is 0.276. The van der Waals surface area contributed by atoms with E-state index in [1.54, 1.807) is 50.2 Å². The van der Waals surface area contributed by atoms with E-state index in [0.717, 1.165) is 17.7 Å². The number of rotatable bonds is 8. The van der Waals surface area contributed by atoms with Crippen LogP contribution >= 0.6 is 0 Å². The Hall–Kier alpha value is -4.34. The minimum absolute atomic E-state index is 0.104. The number of carbonyl (C=O) groups is 3. The Morgan fingerprint density at radius 3 is 2.36 bits per heavy atom. The lowest BCUT2D eigenvalue weighted by Gasteiger charge is -2.34. The Bertz CT molecular complexity index is 1360. The second-order valence-electron chi connectivity index (χ2n) is 9.03. The van der Waals surface area contributed by atoms with E-state index in [4.69, 9.17) is 9.15 Å². The number of esters is 1. The molecule has 0 fully saturated rings. The zero-order valence-corrected chi connectivity index (χ0v) is 21.4. The molecule has 39 heavy (non-hydrogen) atoms. The third kappa shape index (κ3) is 6.39. The minimum Gasteiger partial charge on any atom is -0.467 e. The first-order valence-electron chi connectivity index (χ1n) is 12.3. The molecule has 0 spiro atoms. The molecule has 2 amide bonds. The normalized spacial score (nSPS) is 15.9. The summed E-state index contributed by atoms with van der Waals surface area (Å²) < 4.78 is 49.6. The van der Waals surface area contributed by atoms with Crippen LogP contribution in [0.3, 0.4) is 0 Å². The van der Waals surface area contributed by atoms with Crippen molar-refractivity contribution in [1.82, 2.24) is 10.2 Å². The SMILES string of the molecule is CCOC(=O)C1=C(C)N(Cc2ccc(C(=O)NCc3ccco3)cc2)C(=O)CC1c1ccc(C(F)(F)F)cc1. The van der Waals surface area contributed by atoms with E-state index in [9.17, 15) is 27.6 Å². The van der Waals surface area contributed by atoms with E-state index < -0.39 is 23.6 Å². The largest absolute Gasteiger partial charge is 0.467 e. The summed E-state index contributed by atoms with van der Waals surface area (Å²) in [6.45, 7) is 3.76. The van der Waals surface area contributed by atoms with E-state index in [1.807, 2.05) is 0 Å². The molecule has 0 radical (unpaired) electrons. The molecule has 2 heterocycles. The number of alkyl halides is 3. The van der Waals surface area contributed by atoms with Gasteiger partial charge in [0.15, 0.2) is 0 Å². The van der Waals surface area contributed by atoms with Gasteiger partial charge in [-0.3, -0.25) is 9.59 Å². The van der Waals surface area contributed by atoms with E-state index in [0.29, 0.717) is 22.6 Å². The molecule has 1 unspecified atom stereocenters. The van der Waals surface area contributed by atoms with Crippen LogP contribution in [0.2, 0.25) is 0 Å². The molecule has 7 nitrogen and oxygen atoms in total. The Balaban J connectivity index is 1.55. The maximum absolute atomic E-state index is 13.2. The Labute approximate surface area is 223 Å². The highest BCUT2D eigenvalue weighted by Crippen LogP contribution is 2.39. The number of carbonyl (C=O) groups excluding carboxylic acids is 3. The number of nitrogens with zero attached hydrogens (tertiary/aromatic N) is 1. The number of allylic oxidation sites excluding steroid dienone is 1. The molecule has 10 heteroatoms. The van der Waals surface area contributed by atoms with Gasteiger partial charge in [0.1, 0.15) is 5.76 Å². The van der Waals surface area contributed by atoms with Gasteiger partial charge in [-0.2, -0.15) is 13.2 Å². The summed E-state index contributed by atoms with van der Waals surface area (Å²) in [6.07, 6.45) is -3.08. The highest BCUT2D eigenvalue weighted by atomic mass is 19.4. The van der Waals surface area contributed by atoms with Crippen LogP contribution in [0.1, 0.15) is 59.0 Å². The molecule has 2 aromatic carbocycles. The van der Waals surface area contributed by atoms with Crippen LogP contribution in [0.15, 0.2) is 82.6 Å². The Morgan fingerprint density at radius 2 is 1.77 bits per heavy atom. The molecule has 1 aliphatic heterocycles. The van der Waals surface area contributed by atoms with Crippen LogP contribution in [0, 0.1) is 0 Å². The molecular weight excluding hydrogens is 513 g/mol. The summed E-state index contributed by atoms with van der Waals surface area (Å²) in [5.41, 5.74) is 1.36. The number of nitrogens with one attached hydrogen (secondary N) is 1. The van der Waals surface area contributed by atoms with Gasteiger partial charge in [-0.1, -0.05) is 24.3 Å². The van der Waals surface area contributed by atoms with Gasteiger partial charge in [-0.05, 0) is 61.4 Å². The average Bonchev–Trinajstić information content (AvgIpc) is 3.43. The van der Waals surface area contributed by atoms with Gasteiger partial charge in [0, 0.05) is 23.6 Å². The molecule has 0 saturated heterocycles. The predicted octanol–water partition coefficient (Wildman–Crippen LogP) is 5.58. The first-order chi connectivity index (χ1) is 18.6. The van der Waals surface area contributed by atoms with Crippen LogP contribution < -0.4 is 5.32 Å². The number of hydrogen-bond donors (Lipinski definition) is 1. The van der Waals surface area contributed by atoms with Crippen molar-refractivity contribution in [1.29, 1.82) is 0 Å². The summed E-state index contributed by atoms with van der Waals surface area (Å²) in [6, 6.07) is 14.7. The zero-order chi connectivity index (χ0) is 28.2. The molecule has 1 atom stereocenters. The molecular formula is C29H27F3N2O5. The van der Waals surface area contributed by atoms with Crippen molar-refractivity contribution >= 4 is 17.8 Å². The van der Waals surface area contributed by atoms with Gasteiger partial charge >= 0.3 is 12.1 Å². The van der Waals surface area contributed by atoms with Crippen molar-refractivity contribution in [2.45, 2.75) is 45.5 Å². The van der Waals surface area contributed by atoms with Crippen molar-refractivity contribution in [3.05, 3.63) is 106 Å². The highest BCUT2D eigenvalue weighted by Gasteiger charge is 2.37. The van der Waals surface area contributed by atoms with Crippen molar-refractivity contribution in [3.63, 3.8) is 0 Å². The summed E-state index contributed by atoms with van der Waals surface area (Å²) >= 11 is 0. The Morgan fingerprint density at radius 1 is 1.08 bits per heavy atom. The van der Waals surface area contributed by atoms with Gasteiger partial charge in [-0.25, -0.2) is 4.79 Å². The van der Waals surface area contributed by atoms with Crippen LogP contribution in [0.4, 0.5) is 13.2 Å². The third-order valence-electron chi connectivity index (χ3n) is 6.52. The van der Waals surface area contributed by atoms with Crippen molar-refractivity contribution < 1.29 is 36.7 Å². The second kappa shape index (κ2) is 11.6. The molecule has 3 aromatic rings. The number of benzene rings is 2. The number of amides is 2. The predicted molar refractivity (Wildman–Crippen MR) is 135 cm³/mol. The van der Waals surface area contributed by atoms with Crippen LogP contribution in [-0.4, -0.2) is 29.3 Å². The Kier molecular flexibility index (Phi) is 8.23. The lowest BCUT2D eigenvalue weighted by Crippen LogP contribution is -2.38. The van der Waals surface area contributed by atoms with E-state index >= 15 is 0 Å². The molecule has 1 N–H and O–H groups in total. The maximum atomic E-state index is 13.2. The zero-order valence-electron chi connectivity index (χ0n) is 21.4. The van der Waals surface area contributed by atoms with Crippen molar-refractivity contribution in [2.24, 2.45) is 0 Å². The lowest BCUT2D eigenvalue weighted by atomic mass is 9.83. The van der Waals surface area contributed by atoms with Gasteiger partial charge in [-0.15, -0.1) is 0 Å². The first kappa shape index (κ1) is 27.7. The fourth-order valence-corrected chi connectivity index (χ4v) is 4.49. The van der Waals surface area contributed by atoms with Gasteiger partial charge in [0.25, 0.3) is 5.91 Å². The topological polar surface area (TPSA) is 88.8 Å². The summed E-state index contributed by atoms with van der Waals surface area (Å²) in [5.74, 6) is -1.31. The van der Waals surface area contributed by atoms with Crippen molar-refractivity contribution in [2.75, 3.05) is 6.61 Å². The standard InChI is InChI=1S/C29H27F3N2O5/c1-3-38-28(37)26-18(2)34(25(35)15-24(26)20-10-12-22(13-11-20)29(30,31)32)17-19-6-8-21(9-7-19)27(36)33-16-23-5-4-14-39-23/h4-14,24H,3,15-17H2,1-2H3,(H,33,36). The monoisotopic (exact) mass is 540 g/mol.